The van der Waals surface area contributed by atoms with E-state index in [9.17, 15) is 9.59 Å². The number of rotatable bonds is 1. The number of fused-ring (bicyclic) bond motifs is 5. The summed E-state index contributed by atoms with van der Waals surface area (Å²) < 4.78 is 5.65. The van der Waals surface area contributed by atoms with E-state index in [4.69, 9.17) is 4.74 Å². The quantitative estimate of drug-likeness (QED) is 0.576. The van der Waals surface area contributed by atoms with E-state index in [2.05, 4.69) is 0 Å². The molecule has 0 aliphatic carbocycles. The number of amides is 2. The van der Waals surface area contributed by atoms with Gasteiger partial charge in [-0.15, -0.1) is 0 Å². The van der Waals surface area contributed by atoms with Crippen molar-refractivity contribution in [2.24, 2.45) is 11.8 Å². The van der Waals surface area contributed by atoms with Gasteiger partial charge in [-0.1, -0.05) is 30.4 Å². The van der Waals surface area contributed by atoms with Crippen LogP contribution >= 0.6 is 0 Å². The summed E-state index contributed by atoms with van der Waals surface area (Å²) in [5.41, 5.74) is 2.65. The molecule has 4 nitrogen and oxygen atoms in total. The largest absolute Gasteiger partial charge is 0.365 e. The number of hydrogen-bond acceptors (Lipinski definition) is 3. The van der Waals surface area contributed by atoms with Crippen LogP contribution < -0.4 is 4.90 Å². The van der Waals surface area contributed by atoms with Crippen molar-refractivity contribution in [2.75, 3.05) is 4.90 Å². The second-order valence-corrected chi connectivity index (χ2v) is 5.75. The van der Waals surface area contributed by atoms with Crippen LogP contribution in [-0.2, 0) is 14.3 Å². The van der Waals surface area contributed by atoms with Crippen LogP contribution in [0.2, 0.25) is 0 Å². The second-order valence-electron chi connectivity index (χ2n) is 5.75. The molecule has 3 heterocycles. The Labute approximate surface area is 117 Å². The molecule has 2 amide bonds. The smallest absolute Gasteiger partial charge is 0.240 e. The standard InChI is InChI=1S/C16H15NO3/c1-8-4-3-5-9(2)14(8)17-15(18)12-10-6-7-11(20-10)13(12)16(17)19/h3-7,10-13H,1-2H3/t10-,11+,12-,13+. The molecule has 1 aromatic carbocycles. The Kier molecular flexibility index (Phi) is 2.25. The summed E-state index contributed by atoms with van der Waals surface area (Å²) in [6.45, 7) is 3.86. The fraction of sp³-hybridized carbons (Fsp3) is 0.375. The third kappa shape index (κ3) is 1.29. The van der Waals surface area contributed by atoms with Gasteiger partial charge in [-0.3, -0.25) is 9.59 Å². The maximum Gasteiger partial charge on any atom is 0.240 e. The normalized spacial score (nSPS) is 34.2. The van der Waals surface area contributed by atoms with Crippen molar-refractivity contribution in [3.8, 4) is 0 Å². The van der Waals surface area contributed by atoms with Gasteiger partial charge >= 0.3 is 0 Å². The molecule has 0 unspecified atom stereocenters. The van der Waals surface area contributed by atoms with Crippen molar-refractivity contribution in [1.82, 2.24) is 0 Å². The maximum atomic E-state index is 12.7. The number of carbonyl (C=O) groups excluding carboxylic acids is 2. The molecule has 2 fully saturated rings. The summed E-state index contributed by atoms with van der Waals surface area (Å²) in [5, 5.41) is 0. The monoisotopic (exact) mass is 269 g/mol. The number of ether oxygens (including phenoxy) is 1. The third-order valence-electron chi connectivity index (χ3n) is 4.57. The molecule has 4 rings (SSSR count). The van der Waals surface area contributed by atoms with E-state index in [1.54, 1.807) is 0 Å². The molecule has 1 aromatic rings. The minimum atomic E-state index is -0.337. The Morgan fingerprint density at radius 1 is 0.950 bits per heavy atom. The zero-order valence-corrected chi connectivity index (χ0v) is 11.4. The van der Waals surface area contributed by atoms with Crippen molar-refractivity contribution in [3.63, 3.8) is 0 Å². The molecule has 0 saturated carbocycles. The van der Waals surface area contributed by atoms with Gasteiger partial charge in [0.2, 0.25) is 11.8 Å². The number of imide groups is 1. The highest BCUT2D eigenvalue weighted by Gasteiger charge is 2.61. The Balaban J connectivity index is 1.82. The molecule has 2 saturated heterocycles. The summed E-state index contributed by atoms with van der Waals surface area (Å²) in [6, 6.07) is 5.80. The van der Waals surface area contributed by atoms with Crippen LogP contribution in [0.3, 0.4) is 0 Å². The van der Waals surface area contributed by atoms with E-state index in [0.29, 0.717) is 0 Å². The Morgan fingerprint density at radius 3 is 1.95 bits per heavy atom. The Morgan fingerprint density at radius 2 is 1.45 bits per heavy atom. The number of benzene rings is 1. The lowest BCUT2D eigenvalue weighted by atomic mass is 9.85. The highest BCUT2D eigenvalue weighted by atomic mass is 16.5. The number of para-hydroxylation sites is 1. The predicted molar refractivity (Wildman–Crippen MR) is 73.2 cm³/mol. The van der Waals surface area contributed by atoms with Crippen LogP contribution in [0.1, 0.15) is 11.1 Å². The fourth-order valence-corrected chi connectivity index (χ4v) is 3.68. The summed E-state index contributed by atoms with van der Waals surface area (Å²) in [4.78, 5) is 26.8. The van der Waals surface area contributed by atoms with Gasteiger partial charge in [-0.25, -0.2) is 4.90 Å². The molecule has 0 spiro atoms. The van der Waals surface area contributed by atoms with Crippen LogP contribution in [-0.4, -0.2) is 24.0 Å². The lowest BCUT2D eigenvalue weighted by molar-refractivity contribution is -0.124. The molecule has 0 radical (unpaired) electrons. The summed E-state index contributed by atoms with van der Waals surface area (Å²) in [7, 11) is 0. The molecule has 3 aliphatic heterocycles. The zero-order valence-electron chi connectivity index (χ0n) is 11.4. The Bertz CT molecular complexity index is 613. The minimum absolute atomic E-state index is 0.116. The van der Waals surface area contributed by atoms with Crippen molar-refractivity contribution < 1.29 is 14.3 Å². The van der Waals surface area contributed by atoms with Gasteiger partial charge in [-0.05, 0) is 25.0 Å². The molecule has 2 bridgehead atoms. The van der Waals surface area contributed by atoms with Crippen molar-refractivity contribution >= 4 is 17.5 Å². The third-order valence-corrected chi connectivity index (χ3v) is 4.57. The topological polar surface area (TPSA) is 46.6 Å². The van der Waals surface area contributed by atoms with Gasteiger partial charge < -0.3 is 4.74 Å². The van der Waals surface area contributed by atoms with Gasteiger partial charge in [0.05, 0.1) is 29.7 Å². The fourth-order valence-electron chi connectivity index (χ4n) is 3.68. The van der Waals surface area contributed by atoms with Crippen molar-refractivity contribution in [3.05, 3.63) is 41.5 Å². The average molecular weight is 269 g/mol. The van der Waals surface area contributed by atoms with Crippen molar-refractivity contribution in [1.29, 1.82) is 0 Å². The first-order valence-electron chi connectivity index (χ1n) is 6.87. The first kappa shape index (κ1) is 11.9. The van der Waals surface area contributed by atoms with Crippen LogP contribution in [0.25, 0.3) is 0 Å². The van der Waals surface area contributed by atoms with Gasteiger partial charge in [0.25, 0.3) is 0 Å². The van der Waals surface area contributed by atoms with E-state index in [0.717, 1.165) is 16.8 Å². The number of aryl methyl sites for hydroxylation is 2. The summed E-state index contributed by atoms with van der Waals surface area (Å²) in [6.07, 6.45) is 3.36. The number of nitrogens with zero attached hydrogens (tertiary/aromatic N) is 1. The second kappa shape index (κ2) is 3.79. The van der Waals surface area contributed by atoms with Crippen LogP contribution in [0.5, 0.6) is 0 Å². The summed E-state index contributed by atoms with van der Waals surface area (Å²) in [5.74, 6) is -0.906. The number of anilines is 1. The molecule has 102 valence electrons. The molecular weight excluding hydrogens is 254 g/mol. The maximum absolute atomic E-state index is 12.7. The molecule has 0 aromatic heterocycles. The SMILES string of the molecule is Cc1cccc(C)c1N1C(=O)[C@@H]2[C@H](C1=O)[C@H]1C=C[C@@H]2O1. The van der Waals surface area contributed by atoms with E-state index in [1.165, 1.54) is 4.90 Å². The number of carbonyl (C=O) groups is 2. The van der Waals surface area contributed by atoms with Gasteiger partial charge in [0.15, 0.2) is 0 Å². The van der Waals surface area contributed by atoms with Gasteiger partial charge in [0.1, 0.15) is 0 Å². The molecular formula is C16H15NO3. The van der Waals surface area contributed by atoms with E-state index in [1.807, 2.05) is 44.2 Å². The molecule has 20 heavy (non-hydrogen) atoms. The van der Waals surface area contributed by atoms with Gasteiger partial charge in [0, 0.05) is 0 Å². The highest BCUT2D eigenvalue weighted by Crippen LogP contribution is 2.47. The average Bonchev–Trinajstić information content (AvgIpc) is 3.07. The first-order chi connectivity index (χ1) is 9.59. The van der Waals surface area contributed by atoms with Crippen molar-refractivity contribution in [2.45, 2.75) is 26.1 Å². The van der Waals surface area contributed by atoms with Crippen LogP contribution in [0, 0.1) is 25.7 Å². The van der Waals surface area contributed by atoms with E-state index < -0.39 is 0 Å². The zero-order chi connectivity index (χ0) is 14.0. The van der Waals surface area contributed by atoms with Gasteiger partial charge in [-0.2, -0.15) is 0 Å². The minimum Gasteiger partial charge on any atom is -0.365 e. The lowest BCUT2D eigenvalue weighted by Gasteiger charge is -2.21. The lowest BCUT2D eigenvalue weighted by Crippen LogP contribution is -2.35. The Hall–Kier alpha value is -1.94. The van der Waals surface area contributed by atoms with Crippen LogP contribution in [0.15, 0.2) is 30.4 Å². The molecule has 3 aliphatic rings. The van der Waals surface area contributed by atoms with E-state index >= 15 is 0 Å². The molecule has 0 N–H and O–H groups in total. The first-order valence-corrected chi connectivity index (χ1v) is 6.87. The summed E-state index contributed by atoms with van der Waals surface area (Å²) >= 11 is 0. The molecule has 4 atom stereocenters. The predicted octanol–water partition coefficient (Wildman–Crippen LogP) is 1.75. The van der Waals surface area contributed by atoms with Crippen LogP contribution in [0.4, 0.5) is 5.69 Å². The highest BCUT2D eigenvalue weighted by molar-refractivity contribution is 6.23. The number of hydrogen-bond donors (Lipinski definition) is 0. The molecule has 4 heteroatoms. The van der Waals surface area contributed by atoms with E-state index in [-0.39, 0.29) is 35.9 Å².